The van der Waals surface area contributed by atoms with E-state index in [1.165, 1.54) is 130 Å². The van der Waals surface area contributed by atoms with E-state index in [1.54, 1.807) is 12.4 Å². The van der Waals surface area contributed by atoms with Crippen LogP contribution < -0.4 is 31.2 Å². The molecule has 0 aliphatic heterocycles. The Balaban J connectivity index is 0.000000196. The number of sulfone groups is 2. The molecule has 2 aliphatic rings. The van der Waals surface area contributed by atoms with Crippen LogP contribution in [0, 0.1) is 23.3 Å². The Hall–Kier alpha value is -10.4. The van der Waals surface area contributed by atoms with Crippen molar-refractivity contribution in [1.82, 2.24) is 68.9 Å². The van der Waals surface area contributed by atoms with Crippen LogP contribution in [0.15, 0.2) is 131 Å². The number of fused-ring (bicyclic) bond motifs is 4. The maximum Gasteiger partial charge on any atom is 0.266 e. The SMILES string of the molecule is Cn1nc(NS(C)(=O)=O)c2c(Cl)ccc(-n3c([C@H](Cc4cc(F)cc(F)c4)NC(=O)Cn4ccc(C5CC5)n4)nc4cc(C(C)(C)S(C)(=O)=O)ccc4c3=O)c21.Cn1nc(NS(C)(=O)=O)c2c(Cl)ccc(-n3c([C@H](Cc4cc(F)cc(F)c4)NC(=O)Cn4ccc(C5CC5)n4)nc4cc(C(C)(C)S(C)(=O)=O)ccc4c3=O)c21. The zero-order valence-corrected chi connectivity index (χ0v) is 66.5. The van der Waals surface area contributed by atoms with E-state index in [1.807, 2.05) is 12.1 Å². The van der Waals surface area contributed by atoms with Gasteiger partial charge in [0.1, 0.15) is 48.0 Å². The first-order chi connectivity index (χ1) is 52.4. The summed E-state index contributed by atoms with van der Waals surface area (Å²) < 4.78 is 169. The molecular weight excluding hydrogens is 1580 g/mol. The van der Waals surface area contributed by atoms with Crippen LogP contribution in [0.3, 0.4) is 0 Å². The third-order valence-corrected chi connectivity index (χ3v) is 25.8. The minimum Gasteiger partial charge on any atom is -0.344 e. The summed E-state index contributed by atoms with van der Waals surface area (Å²) in [7, 11) is -12.0. The van der Waals surface area contributed by atoms with E-state index in [9.17, 15) is 70.4 Å². The van der Waals surface area contributed by atoms with Crippen LogP contribution in [0.5, 0.6) is 0 Å². The third kappa shape index (κ3) is 16.6. The highest BCUT2D eigenvalue weighted by Crippen LogP contribution is 2.42. The zero-order chi connectivity index (χ0) is 81.0. The highest BCUT2D eigenvalue weighted by molar-refractivity contribution is 7.92. The summed E-state index contributed by atoms with van der Waals surface area (Å²) in [6.45, 7) is 5.60. The van der Waals surface area contributed by atoms with Gasteiger partial charge in [-0.25, -0.2) is 61.2 Å². The third-order valence-electron chi connectivity index (χ3n) is 19.9. The lowest BCUT2D eigenvalue weighted by Gasteiger charge is -2.25. The second-order valence-electron chi connectivity index (χ2n) is 29.2. The molecule has 12 aromatic rings. The number of halogens is 6. The smallest absolute Gasteiger partial charge is 0.266 e. The largest absolute Gasteiger partial charge is 0.344 e. The molecule has 588 valence electrons. The fourth-order valence-electron chi connectivity index (χ4n) is 13.3. The molecule has 4 N–H and O–H groups in total. The topological polar surface area (TPSA) is 360 Å². The van der Waals surface area contributed by atoms with Gasteiger partial charge in [0.2, 0.25) is 31.9 Å². The van der Waals surface area contributed by atoms with Gasteiger partial charge in [-0.1, -0.05) is 35.3 Å². The van der Waals surface area contributed by atoms with Crippen molar-refractivity contribution in [3.05, 3.63) is 221 Å². The molecule has 2 fully saturated rings. The molecule has 2 saturated carbocycles. The van der Waals surface area contributed by atoms with Crippen LogP contribution in [-0.2, 0) is 98.8 Å². The Morgan fingerprint density at radius 1 is 0.500 bits per heavy atom. The minimum absolute atomic E-state index is 0.0626. The van der Waals surface area contributed by atoms with Crippen molar-refractivity contribution in [2.45, 2.75) is 113 Å². The molecule has 0 spiro atoms. The molecule has 112 heavy (non-hydrogen) atoms. The highest BCUT2D eigenvalue weighted by Gasteiger charge is 2.37. The summed E-state index contributed by atoms with van der Waals surface area (Å²) in [6, 6.07) is 21.7. The van der Waals surface area contributed by atoms with Gasteiger partial charge in [0.05, 0.1) is 111 Å². The van der Waals surface area contributed by atoms with E-state index in [4.69, 9.17) is 33.2 Å². The van der Waals surface area contributed by atoms with E-state index < -0.39 is 108 Å². The van der Waals surface area contributed by atoms with Crippen LogP contribution in [0.1, 0.15) is 123 Å². The number of aromatic nitrogens is 12. The summed E-state index contributed by atoms with van der Waals surface area (Å²) in [5.74, 6) is -4.37. The maximum atomic E-state index is 14.9. The Bertz CT molecular complexity index is 6090. The summed E-state index contributed by atoms with van der Waals surface area (Å²) in [4.78, 5) is 67.3. The van der Waals surface area contributed by atoms with Crippen molar-refractivity contribution >= 4 is 130 Å². The molecular formula is C74H74Cl2F4N16O12S4. The Morgan fingerprint density at radius 3 is 1.17 bits per heavy atom. The molecule has 0 bridgehead atoms. The number of anilines is 2. The summed E-state index contributed by atoms with van der Waals surface area (Å²) >= 11 is 13.3. The van der Waals surface area contributed by atoms with Crippen LogP contribution in [-0.4, -0.2) is 129 Å². The van der Waals surface area contributed by atoms with Crippen molar-refractivity contribution in [2.75, 3.05) is 34.5 Å². The molecule has 6 aromatic carbocycles. The van der Waals surface area contributed by atoms with E-state index in [0.717, 1.165) is 86.4 Å². The number of aryl methyl sites for hydroxylation is 2. The van der Waals surface area contributed by atoms with Gasteiger partial charge in [-0.05, 0) is 161 Å². The minimum atomic E-state index is -3.84. The first-order valence-corrected chi connectivity index (χ1v) is 43.1. The predicted octanol–water partition coefficient (Wildman–Crippen LogP) is 10.1. The van der Waals surface area contributed by atoms with Crippen LogP contribution in [0.2, 0.25) is 10.0 Å². The van der Waals surface area contributed by atoms with Crippen LogP contribution >= 0.6 is 23.2 Å². The lowest BCUT2D eigenvalue weighted by Crippen LogP contribution is -2.37. The number of benzene rings is 6. The summed E-state index contributed by atoms with van der Waals surface area (Å²) in [6.07, 6.45) is 10.9. The zero-order valence-electron chi connectivity index (χ0n) is 61.7. The maximum absolute atomic E-state index is 14.9. The summed E-state index contributed by atoms with van der Waals surface area (Å²) in [5.41, 5.74) is 2.11. The standard InChI is InChI=1S/2C37H37ClF2N8O6S2/c2*1-37(2,55(4,51)52)22-8-9-25-28(17-22)42-35(48(36(25)50)30-11-10-26(38)32-33(30)46(3)44-34(32)45-56(5,53)54)29(16-20-14-23(39)18-24(40)15-20)41-31(49)19-47-13-12-27(43-47)21-6-7-21/h2*8-15,17-18,21,29H,6-7,16,19H2,1-5H3,(H,41,49)(H,44,45)/t2*29-/m00/s1. The molecule has 0 saturated heterocycles. The van der Waals surface area contributed by atoms with E-state index in [-0.39, 0.29) is 125 Å². The molecule has 28 nitrogen and oxygen atoms in total. The van der Waals surface area contributed by atoms with Gasteiger partial charge in [-0.15, -0.1) is 0 Å². The second kappa shape index (κ2) is 29.6. The molecule has 38 heteroatoms. The second-order valence-corrected chi connectivity index (χ2v) is 38.6. The number of nitrogens with one attached hydrogen (secondary N) is 4. The van der Waals surface area contributed by atoms with Gasteiger partial charge < -0.3 is 10.6 Å². The van der Waals surface area contributed by atoms with Gasteiger partial charge in [0, 0.05) is 75.8 Å². The number of rotatable bonds is 24. The van der Waals surface area contributed by atoms with E-state index in [2.05, 4.69) is 40.5 Å². The van der Waals surface area contributed by atoms with Crippen molar-refractivity contribution in [3.63, 3.8) is 0 Å². The fourth-order valence-corrected chi connectivity index (χ4v) is 15.9. The number of nitrogens with zero attached hydrogens (tertiary/aromatic N) is 12. The molecule has 6 heterocycles. The first-order valence-electron chi connectivity index (χ1n) is 34.8. The van der Waals surface area contributed by atoms with Gasteiger partial charge in [0.25, 0.3) is 11.1 Å². The molecule has 6 aromatic heterocycles. The molecule has 14 rings (SSSR count). The Kier molecular flexibility index (Phi) is 21.1. The fraction of sp³-hybridized carbons (Fsp3) is 0.324. The monoisotopic (exact) mass is 1650 g/mol. The number of amides is 2. The lowest BCUT2D eigenvalue weighted by atomic mass is 10.00. The molecule has 2 atom stereocenters. The van der Waals surface area contributed by atoms with Crippen molar-refractivity contribution < 1.29 is 60.8 Å². The number of carbonyl (C=O) groups is 2. The van der Waals surface area contributed by atoms with Crippen molar-refractivity contribution in [3.8, 4) is 11.4 Å². The van der Waals surface area contributed by atoms with E-state index in [0.29, 0.717) is 35.1 Å². The van der Waals surface area contributed by atoms with Crippen molar-refractivity contribution in [2.24, 2.45) is 14.1 Å². The number of sulfonamides is 2. The highest BCUT2D eigenvalue weighted by atomic mass is 35.5. The van der Waals surface area contributed by atoms with Crippen molar-refractivity contribution in [1.29, 1.82) is 0 Å². The molecule has 0 radical (unpaired) electrons. The Morgan fingerprint density at radius 2 is 0.848 bits per heavy atom. The average molecular weight is 1650 g/mol. The number of hydrogen-bond donors (Lipinski definition) is 4. The van der Waals surface area contributed by atoms with E-state index >= 15 is 0 Å². The number of carbonyl (C=O) groups excluding carboxylic acids is 2. The number of hydrogen-bond acceptors (Lipinski definition) is 18. The lowest BCUT2D eigenvalue weighted by molar-refractivity contribution is -0.123. The predicted molar refractivity (Wildman–Crippen MR) is 416 cm³/mol. The van der Waals surface area contributed by atoms with Crippen LogP contribution in [0.25, 0.3) is 55.0 Å². The molecule has 2 aliphatic carbocycles. The van der Waals surface area contributed by atoms with Gasteiger partial charge >= 0.3 is 0 Å². The van der Waals surface area contributed by atoms with Gasteiger partial charge in [-0.3, -0.25) is 56.5 Å². The van der Waals surface area contributed by atoms with Gasteiger partial charge in [0.15, 0.2) is 31.3 Å². The molecule has 0 unspecified atom stereocenters. The normalized spacial score (nSPS) is 14.4. The quantitative estimate of drug-likeness (QED) is 0.0408. The summed E-state index contributed by atoms with van der Waals surface area (Å²) in [5, 5.41) is 24.1. The average Bonchev–Trinajstić information content (AvgIpc) is 1.30. The first kappa shape index (κ1) is 79.7. The molecule has 2 amide bonds. The Labute approximate surface area is 649 Å². The van der Waals surface area contributed by atoms with Gasteiger partial charge in [-0.2, -0.15) is 20.4 Å². The van der Waals surface area contributed by atoms with Crippen LogP contribution in [0.4, 0.5) is 29.2 Å².